The van der Waals surface area contributed by atoms with Crippen molar-refractivity contribution in [3.63, 3.8) is 0 Å². The van der Waals surface area contributed by atoms with Crippen molar-refractivity contribution < 1.29 is 28.6 Å². The Bertz CT molecular complexity index is 826. The predicted octanol–water partition coefficient (Wildman–Crippen LogP) is 15.5. The fourth-order valence-electron chi connectivity index (χ4n) is 7.33. The van der Waals surface area contributed by atoms with Crippen molar-refractivity contribution in [2.75, 3.05) is 13.2 Å². The predicted molar refractivity (Wildman–Crippen MR) is 233 cm³/mol. The molecule has 0 aromatic rings. The number of esters is 3. The Hall–Kier alpha value is -1.59. The lowest BCUT2D eigenvalue weighted by Gasteiger charge is -2.18. The van der Waals surface area contributed by atoms with Gasteiger partial charge in [0.2, 0.25) is 0 Å². The molecule has 326 valence electrons. The summed E-state index contributed by atoms with van der Waals surface area (Å²) in [4.78, 5) is 37.8. The monoisotopic (exact) mass is 779 g/mol. The second-order valence-electron chi connectivity index (χ2n) is 17.2. The van der Waals surface area contributed by atoms with Crippen molar-refractivity contribution in [3.8, 4) is 0 Å². The van der Waals surface area contributed by atoms with Crippen LogP contribution in [0, 0.1) is 5.92 Å². The van der Waals surface area contributed by atoms with Gasteiger partial charge in [0.1, 0.15) is 13.2 Å². The number of carbonyl (C=O) groups excluding carboxylic acids is 3. The third-order valence-electron chi connectivity index (χ3n) is 11.0. The molecule has 1 atom stereocenters. The van der Waals surface area contributed by atoms with Crippen molar-refractivity contribution in [2.45, 2.75) is 278 Å². The quantitative estimate of drug-likeness (QED) is 0.0348. The van der Waals surface area contributed by atoms with E-state index in [9.17, 15) is 14.4 Å². The molecule has 0 aromatic carbocycles. The molecule has 0 saturated carbocycles. The van der Waals surface area contributed by atoms with Crippen molar-refractivity contribution in [1.82, 2.24) is 0 Å². The molecule has 0 aliphatic carbocycles. The van der Waals surface area contributed by atoms with Crippen LogP contribution in [0.15, 0.2) is 0 Å². The maximum Gasteiger partial charge on any atom is 0.306 e. The summed E-state index contributed by atoms with van der Waals surface area (Å²) in [6.07, 6.45) is 43.8. The molecule has 0 saturated heterocycles. The van der Waals surface area contributed by atoms with Crippen LogP contribution in [-0.2, 0) is 28.6 Å². The van der Waals surface area contributed by atoms with E-state index in [4.69, 9.17) is 14.2 Å². The smallest absolute Gasteiger partial charge is 0.306 e. The fourth-order valence-corrected chi connectivity index (χ4v) is 7.33. The summed E-state index contributed by atoms with van der Waals surface area (Å²) in [5.41, 5.74) is 0. The van der Waals surface area contributed by atoms with Gasteiger partial charge in [0.05, 0.1) is 0 Å². The first-order chi connectivity index (χ1) is 26.9. The van der Waals surface area contributed by atoms with Gasteiger partial charge >= 0.3 is 17.9 Å². The Morgan fingerprint density at radius 3 is 0.891 bits per heavy atom. The van der Waals surface area contributed by atoms with Gasteiger partial charge in [0.25, 0.3) is 0 Å². The van der Waals surface area contributed by atoms with E-state index >= 15 is 0 Å². The molecule has 0 fully saturated rings. The van der Waals surface area contributed by atoms with Gasteiger partial charge in [-0.15, -0.1) is 0 Å². The summed E-state index contributed by atoms with van der Waals surface area (Å²) in [5, 5.41) is 0. The van der Waals surface area contributed by atoms with Crippen LogP contribution in [0.5, 0.6) is 0 Å². The van der Waals surface area contributed by atoms with Crippen LogP contribution < -0.4 is 0 Å². The molecule has 0 aliphatic rings. The Morgan fingerprint density at radius 2 is 0.600 bits per heavy atom. The van der Waals surface area contributed by atoms with E-state index in [2.05, 4.69) is 27.7 Å². The van der Waals surface area contributed by atoms with Crippen LogP contribution >= 0.6 is 0 Å². The zero-order chi connectivity index (χ0) is 40.3. The van der Waals surface area contributed by atoms with Crippen molar-refractivity contribution in [2.24, 2.45) is 5.92 Å². The number of hydrogen-bond acceptors (Lipinski definition) is 6. The van der Waals surface area contributed by atoms with Crippen LogP contribution in [0.25, 0.3) is 0 Å². The molecule has 55 heavy (non-hydrogen) atoms. The molecule has 6 nitrogen and oxygen atoms in total. The number of ether oxygens (including phenoxy) is 3. The highest BCUT2D eigenvalue weighted by Crippen LogP contribution is 2.16. The molecule has 0 N–H and O–H groups in total. The highest BCUT2D eigenvalue weighted by Gasteiger charge is 2.19. The molecule has 0 amide bonds. The molecule has 0 aliphatic heterocycles. The lowest BCUT2D eigenvalue weighted by atomic mass is 10.0. The average molecular weight is 779 g/mol. The lowest BCUT2D eigenvalue weighted by molar-refractivity contribution is -0.167. The standard InChI is InChI=1S/C49H94O6/c1-5-7-9-11-13-15-17-18-19-20-21-22-24-29-33-37-41-48(51)54-44-46(43-53-47(50)40-36-32-28-23-16-14-12-10-8-6-2)55-49(52)42-38-34-30-26-25-27-31-35-39-45(3)4/h45-46H,5-44H2,1-4H3/t46-/m1/s1. The van der Waals surface area contributed by atoms with E-state index < -0.39 is 6.10 Å². The molecule has 0 heterocycles. The normalized spacial score (nSPS) is 11.9. The minimum atomic E-state index is -0.759. The average Bonchev–Trinajstić information content (AvgIpc) is 3.17. The first-order valence-corrected chi connectivity index (χ1v) is 24.4. The van der Waals surface area contributed by atoms with E-state index in [1.165, 1.54) is 167 Å². The van der Waals surface area contributed by atoms with E-state index in [-0.39, 0.29) is 31.1 Å². The van der Waals surface area contributed by atoms with Crippen LogP contribution in [-0.4, -0.2) is 37.2 Å². The minimum absolute atomic E-state index is 0.0637. The largest absolute Gasteiger partial charge is 0.462 e. The molecule has 0 spiro atoms. The second kappa shape index (κ2) is 43.5. The maximum atomic E-state index is 12.7. The van der Waals surface area contributed by atoms with Gasteiger partial charge in [0.15, 0.2) is 6.10 Å². The zero-order valence-corrected chi connectivity index (χ0v) is 37.4. The molecule has 0 radical (unpaired) electrons. The van der Waals surface area contributed by atoms with Gasteiger partial charge in [-0.2, -0.15) is 0 Å². The highest BCUT2D eigenvalue weighted by molar-refractivity contribution is 5.71. The summed E-state index contributed by atoms with van der Waals surface area (Å²) in [6, 6.07) is 0. The maximum absolute atomic E-state index is 12.7. The topological polar surface area (TPSA) is 78.9 Å². The van der Waals surface area contributed by atoms with Gasteiger partial charge < -0.3 is 14.2 Å². The Balaban J connectivity index is 4.27. The zero-order valence-electron chi connectivity index (χ0n) is 37.4. The van der Waals surface area contributed by atoms with Crippen LogP contribution in [0.1, 0.15) is 272 Å². The van der Waals surface area contributed by atoms with Crippen molar-refractivity contribution in [3.05, 3.63) is 0 Å². The fraction of sp³-hybridized carbons (Fsp3) is 0.939. The summed E-state index contributed by atoms with van der Waals surface area (Å²) in [7, 11) is 0. The summed E-state index contributed by atoms with van der Waals surface area (Å²) >= 11 is 0. The molecule has 0 rings (SSSR count). The third-order valence-corrected chi connectivity index (χ3v) is 11.0. The SMILES string of the molecule is CCCCCCCCCCCCCCCCCCC(=O)OC[C@@H](COC(=O)CCCCCCCCCCCC)OC(=O)CCCCCCCCCCC(C)C. The Labute approximate surface area is 342 Å². The highest BCUT2D eigenvalue weighted by atomic mass is 16.6. The first-order valence-electron chi connectivity index (χ1n) is 24.4. The summed E-state index contributed by atoms with van der Waals surface area (Å²) < 4.78 is 16.7. The number of unbranched alkanes of at least 4 members (excludes halogenated alkanes) is 31. The van der Waals surface area contributed by atoms with Crippen molar-refractivity contribution in [1.29, 1.82) is 0 Å². The summed E-state index contributed by atoms with van der Waals surface area (Å²) in [6.45, 7) is 8.97. The molecular weight excluding hydrogens is 685 g/mol. The number of rotatable bonds is 44. The van der Waals surface area contributed by atoms with Crippen molar-refractivity contribution >= 4 is 17.9 Å². The Morgan fingerprint density at radius 1 is 0.345 bits per heavy atom. The molecule has 6 heteroatoms. The Kier molecular flexibility index (Phi) is 42.3. The van der Waals surface area contributed by atoms with E-state index in [0.717, 1.165) is 63.7 Å². The van der Waals surface area contributed by atoms with Crippen LogP contribution in [0.3, 0.4) is 0 Å². The number of carbonyl (C=O) groups is 3. The van der Waals surface area contributed by atoms with Crippen LogP contribution in [0.4, 0.5) is 0 Å². The third kappa shape index (κ3) is 43.4. The van der Waals surface area contributed by atoms with Gasteiger partial charge in [-0.3, -0.25) is 14.4 Å². The molecular formula is C49H94O6. The van der Waals surface area contributed by atoms with E-state index in [1.54, 1.807) is 0 Å². The first kappa shape index (κ1) is 53.4. The van der Waals surface area contributed by atoms with Crippen LogP contribution in [0.2, 0.25) is 0 Å². The van der Waals surface area contributed by atoms with Gasteiger partial charge in [-0.1, -0.05) is 233 Å². The van der Waals surface area contributed by atoms with E-state index in [1.807, 2.05) is 0 Å². The molecule has 0 bridgehead atoms. The van der Waals surface area contributed by atoms with E-state index in [0.29, 0.717) is 19.3 Å². The van der Waals surface area contributed by atoms with Gasteiger partial charge in [0, 0.05) is 19.3 Å². The van der Waals surface area contributed by atoms with Gasteiger partial charge in [-0.05, 0) is 25.2 Å². The lowest BCUT2D eigenvalue weighted by Crippen LogP contribution is -2.30. The number of hydrogen-bond donors (Lipinski definition) is 0. The molecule has 0 unspecified atom stereocenters. The molecule has 0 aromatic heterocycles. The minimum Gasteiger partial charge on any atom is -0.462 e. The second-order valence-corrected chi connectivity index (χ2v) is 17.2. The summed E-state index contributed by atoms with van der Waals surface area (Å²) in [5.74, 6) is -0.0590. The van der Waals surface area contributed by atoms with Gasteiger partial charge in [-0.25, -0.2) is 0 Å².